The Kier molecular flexibility index (Phi) is 4.42. The number of carbonyl (C=O) groups is 1. The Bertz CT molecular complexity index is 428. The van der Waals surface area contributed by atoms with Crippen molar-refractivity contribution < 1.29 is 9.53 Å². The number of carbonyl (C=O) groups excluding carboxylic acids is 1. The maximum absolute atomic E-state index is 11.6. The first-order valence-electron chi connectivity index (χ1n) is 6.69. The number of hydrogen-bond donors (Lipinski definition) is 2. The second kappa shape index (κ2) is 6.06. The van der Waals surface area contributed by atoms with Gasteiger partial charge in [0, 0.05) is 25.4 Å². The topological polar surface area (TPSA) is 68.2 Å². The van der Waals surface area contributed by atoms with Gasteiger partial charge in [-0.2, -0.15) is 5.10 Å². The zero-order chi connectivity index (χ0) is 13.8. The van der Waals surface area contributed by atoms with Crippen LogP contribution in [0.2, 0.25) is 0 Å². The largest absolute Gasteiger partial charge is 0.380 e. The van der Waals surface area contributed by atoms with Crippen molar-refractivity contribution in [3.8, 4) is 0 Å². The molecule has 2 atom stereocenters. The van der Waals surface area contributed by atoms with E-state index in [2.05, 4.69) is 15.7 Å². The van der Waals surface area contributed by atoms with Crippen LogP contribution in [0.25, 0.3) is 0 Å². The Morgan fingerprint density at radius 1 is 1.58 bits per heavy atom. The quantitative estimate of drug-likeness (QED) is 0.772. The maximum Gasteiger partial charge on any atom is 0.241 e. The van der Waals surface area contributed by atoms with Gasteiger partial charge in [0.25, 0.3) is 0 Å². The fourth-order valence-corrected chi connectivity index (χ4v) is 1.76. The van der Waals surface area contributed by atoms with Crippen LogP contribution in [-0.4, -0.2) is 41.0 Å². The molecular weight excluding hydrogens is 244 g/mol. The van der Waals surface area contributed by atoms with Crippen molar-refractivity contribution >= 4 is 11.6 Å². The maximum atomic E-state index is 11.6. The summed E-state index contributed by atoms with van der Waals surface area (Å²) in [5.41, 5.74) is 0.899. The molecule has 6 nitrogen and oxygen atoms in total. The van der Waals surface area contributed by atoms with E-state index < -0.39 is 0 Å². The zero-order valence-electron chi connectivity index (χ0n) is 11.7. The highest BCUT2D eigenvalue weighted by molar-refractivity contribution is 5.76. The van der Waals surface area contributed by atoms with Crippen LogP contribution in [0.1, 0.15) is 26.7 Å². The fourth-order valence-electron chi connectivity index (χ4n) is 1.76. The van der Waals surface area contributed by atoms with Crippen LogP contribution >= 0.6 is 0 Å². The number of ether oxygens (including phenoxy) is 1. The number of anilines is 1. The third-order valence-electron chi connectivity index (χ3n) is 3.35. The molecule has 1 aromatic heterocycles. The average Bonchev–Trinajstić information content (AvgIpc) is 3.08. The van der Waals surface area contributed by atoms with Gasteiger partial charge in [0.15, 0.2) is 0 Å². The summed E-state index contributed by atoms with van der Waals surface area (Å²) in [6.45, 7) is 4.32. The number of nitrogens with zero attached hydrogens (tertiary/aromatic N) is 2. The summed E-state index contributed by atoms with van der Waals surface area (Å²) >= 11 is 0. The molecule has 0 aromatic carbocycles. The Morgan fingerprint density at radius 2 is 2.32 bits per heavy atom. The molecule has 1 amide bonds. The first-order chi connectivity index (χ1) is 9.08. The second-order valence-electron chi connectivity index (χ2n) is 5.14. The standard InChI is InChI=1S/C13H22N4O2/c1-9(10(2)19-3)15-12-6-14-17(7-12)8-13(18)16-11-4-5-11/h6-7,9-11,15H,4-5,8H2,1-3H3,(H,16,18). The van der Waals surface area contributed by atoms with Crippen LogP contribution in [0.5, 0.6) is 0 Å². The first kappa shape index (κ1) is 13.9. The Morgan fingerprint density at radius 3 is 2.95 bits per heavy atom. The van der Waals surface area contributed by atoms with Gasteiger partial charge < -0.3 is 15.4 Å². The minimum Gasteiger partial charge on any atom is -0.380 e. The summed E-state index contributed by atoms with van der Waals surface area (Å²) in [4.78, 5) is 11.6. The summed E-state index contributed by atoms with van der Waals surface area (Å²) < 4.78 is 6.90. The minimum atomic E-state index is 0.0236. The normalized spacial score (nSPS) is 17.8. The van der Waals surface area contributed by atoms with Crippen molar-refractivity contribution in [2.24, 2.45) is 0 Å². The van der Waals surface area contributed by atoms with Gasteiger partial charge in [0.1, 0.15) is 6.54 Å². The number of hydrogen-bond acceptors (Lipinski definition) is 4. The van der Waals surface area contributed by atoms with E-state index >= 15 is 0 Å². The van der Waals surface area contributed by atoms with Gasteiger partial charge in [-0.3, -0.25) is 9.48 Å². The van der Waals surface area contributed by atoms with Gasteiger partial charge in [0.05, 0.1) is 18.0 Å². The molecule has 6 heteroatoms. The molecule has 19 heavy (non-hydrogen) atoms. The highest BCUT2D eigenvalue weighted by Crippen LogP contribution is 2.18. The van der Waals surface area contributed by atoms with Crippen LogP contribution in [0.15, 0.2) is 12.4 Å². The highest BCUT2D eigenvalue weighted by atomic mass is 16.5. The molecule has 1 aliphatic carbocycles. The molecule has 0 radical (unpaired) electrons. The molecule has 2 N–H and O–H groups in total. The third-order valence-corrected chi connectivity index (χ3v) is 3.35. The lowest BCUT2D eigenvalue weighted by Gasteiger charge is -2.19. The Hall–Kier alpha value is -1.56. The van der Waals surface area contributed by atoms with E-state index in [9.17, 15) is 4.79 Å². The lowest BCUT2D eigenvalue weighted by molar-refractivity contribution is -0.122. The SMILES string of the molecule is COC(C)C(C)Nc1cnn(CC(=O)NC2CC2)c1. The number of methoxy groups -OCH3 is 1. The van der Waals surface area contributed by atoms with Crippen LogP contribution in [0.4, 0.5) is 5.69 Å². The molecule has 0 bridgehead atoms. The molecule has 0 spiro atoms. The lowest BCUT2D eigenvalue weighted by Crippen LogP contribution is -2.30. The van der Waals surface area contributed by atoms with Gasteiger partial charge in [-0.1, -0.05) is 0 Å². The van der Waals surface area contributed by atoms with E-state index in [-0.39, 0.29) is 24.6 Å². The van der Waals surface area contributed by atoms with Gasteiger partial charge >= 0.3 is 0 Å². The van der Waals surface area contributed by atoms with Crippen molar-refractivity contribution in [1.29, 1.82) is 0 Å². The van der Waals surface area contributed by atoms with E-state index in [1.54, 1.807) is 18.0 Å². The van der Waals surface area contributed by atoms with Crippen molar-refractivity contribution in [1.82, 2.24) is 15.1 Å². The van der Waals surface area contributed by atoms with Gasteiger partial charge in [0.2, 0.25) is 5.91 Å². The summed E-state index contributed by atoms with van der Waals surface area (Å²) in [6, 6.07) is 0.575. The van der Waals surface area contributed by atoms with Crippen molar-refractivity contribution in [3.05, 3.63) is 12.4 Å². The predicted molar refractivity (Wildman–Crippen MR) is 72.9 cm³/mol. The molecule has 106 valence electrons. The van der Waals surface area contributed by atoms with Crippen LogP contribution < -0.4 is 10.6 Å². The third kappa shape index (κ3) is 4.24. The molecule has 1 fully saturated rings. The van der Waals surface area contributed by atoms with Crippen LogP contribution in [0, 0.1) is 0 Å². The van der Waals surface area contributed by atoms with E-state index in [0.29, 0.717) is 6.04 Å². The molecule has 0 saturated heterocycles. The highest BCUT2D eigenvalue weighted by Gasteiger charge is 2.23. The molecule has 1 saturated carbocycles. The van der Waals surface area contributed by atoms with Crippen molar-refractivity contribution in [2.75, 3.05) is 12.4 Å². The molecule has 2 rings (SSSR count). The fraction of sp³-hybridized carbons (Fsp3) is 0.692. The molecular formula is C13H22N4O2. The molecule has 0 aliphatic heterocycles. The van der Waals surface area contributed by atoms with Crippen molar-refractivity contribution in [2.45, 2.75) is 51.4 Å². The summed E-state index contributed by atoms with van der Waals surface area (Å²) in [5, 5.41) is 10.4. The lowest BCUT2D eigenvalue weighted by atomic mass is 10.2. The molecule has 1 heterocycles. The minimum absolute atomic E-state index is 0.0236. The van der Waals surface area contributed by atoms with E-state index in [4.69, 9.17) is 4.74 Å². The van der Waals surface area contributed by atoms with Crippen LogP contribution in [-0.2, 0) is 16.1 Å². The van der Waals surface area contributed by atoms with Gasteiger partial charge in [-0.25, -0.2) is 0 Å². The molecule has 2 unspecified atom stereocenters. The van der Waals surface area contributed by atoms with E-state index in [1.165, 1.54) is 0 Å². The van der Waals surface area contributed by atoms with Crippen LogP contribution in [0.3, 0.4) is 0 Å². The Balaban J connectivity index is 1.82. The van der Waals surface area contributed by atoms with Gasteiger partial charge in [-0.05, 0) is 26.7 Å². The van der Waals surface area contributed by atoms with E-state index in [0.717, 1.165) is 18.5 Å². The smallest absolute Gasteiger partial charge is 0.241 e. The van der Waals surface area contributed by atoms with E-state index in [1.807, 2.05) is 20.0 Å². The number of nitrogens with one attached hydrogen (secondary N) is 2. The number of rotatable bonds is 7. The summed E-state index contributed by atoms with van der Waals surface area (Å²) in [6.07, 6.45) is 5.88. The monoisotopic (exact) mass is 266 g/mol. The number of amides is 1. The second-order valence-corrected chi connectivity index (χ2v) is 5.14. The van der Waals surface area contributed by atoms with Gasteiger partial charge in [-0.15, -0.1) is 0 Å². The summed E-state index contributed by atoms with van der Waals surface area (Å²) in [7, 11) is 1.69. The average molecular weight is 266 g/mol. The van der Waals surface area contributed by atoms with Crippen molar-refractivity contribution in [3.63, 3.8) is 0 Å². The predicted octanol–water partition coefficient (Wildman–Crippen LogP) is 0.997. The zero-order valence-corrected chi connectivity index (χ0v) is 11.7. The summed E-state index contributed by atoms with van der Waals surface area (Å²) in [5.74, 6) is 0.0236. The Labute approximate surface area is 113 Å². The molecule has 1 aliphatic rings. The molecule has 1 aromatic rings. The number of aromatic nitrogens is 2. The first-order valence-corrected chi connectivity index (χ1v) is 6.69.